The monoisotopic (exact) mass is 142 g/mol. The van der Waals surface area contributed by atoms with E-state index in [4.69, 9.17) is 16.2 Å². The Hall–Kier alpha value is -1.32. The Kier molecular flexibility index (Phi) is 2.61. The Morgan fingerprint density at radius 2 is 1.90 bits per heavy atom. The van der Waals surface area contributed by atoms with Crippen molar-refractivity contribution in [2.75, 3.05) is 0 Å². The molecule has 0 aromatic heterocycles. The second-order valence-corrected chi connectivity index (χ2v) is 1.99. The number of nitrogens with two attached hydrogens (primary N) is 1. The second kappa shape index (κ2) is 3.00. The first-order valence-electron chi connectivity index (χ1n) is 2.72. The number of hydrogen-bond acceptors (Lipinski definition) is 3. The van der Waals surface area contributed by atoms with E-state index in [-0.39, 0.29) is 0 Å². The van der Waals surface area contributed by atoms with Crippen LogP contribution in [0.2, 0.25) is 0 Å². The van der Waals surface area contributed by atoms with Gasteiger partial charge in [0.15, 0.2) is 0 Å². The lowest BCUT2D eigenvalue weighted by Crippen LogP contribution is -2.15. The summed E-state index contributed by atoms with van der Waals surface area (Å²) >= 11 is 0. The van der Waals surface area contributed by atoms with Gasteiger partial charge >= 0.3 is 5.97 Å². The van der Waals surface area contributed by atoms with Crippen LogP contribution in [0.25, 0.3) is 0 Å². The van der Waals surface area contributed by atoms with Crippen molar-refractivity contribution in [3.63, 3.8) is 0 Å². The fourth-order valence-electron chi connectivity index (χ4n) is 0.358. The van der Waals surface area contributed by atoms with Crippen molar-refractivity contribution in [2.24, 2.45) is 5.73 Å². The molecule has 0 radical (unpaired) electrons. The zero-order chi connectivity index (χ0) is 8.31. The first kappa shape index (κ1) is 8.68. The van der Waals surface area contributed by atoms with Gasteiger partial charge in [0.2, 0.25) is 0 Å². The maximum absolute atomic E-state index is 10.1. The highest BCUT2D eigenvalue weighted by Gasteiger charge is 2.09. The van der Waals surface area contributed by atoms with Crippen molar-refractivity contribution in [3.05, 3.63) is 11.3 Å². The van der Waals surface area contributed by atoms with Crippen LogP contribution in [-0.4, -0.2) is 16.8 Å². The molecule has 56 valence electrons. The minimum atomic E-state index is -1.25. The molecule has 4 nitrogen and oxygen atoms in total. The number of aliphatic carboxylic acids is 1. The fraction of sp³-hybridized carbons (Fsp3) is 0.333. The number of carboxylic acids is 1. The smallest absolute Gasteiger partial charge is 0.354 e. The molecule has 0 atom stereocenters. The summed E-state index contributed by atoms with van der Waals surface area (Å²) in [5.41, 5.74) is 5.49. The Morgan fingerprint density at radius 1 is 1.50 bits per heavy atom. The minimum Gasteiger partial charge on any atom is -0.477 e. The lowest BCUT2D eigenvalue weighted by Gasteiger charge is -1.99. The van der Waals surface area contributed by atoms with E-state index in [1.165, 1.54) is 6.92 Å². The van der Waals surface area contributed by atoms with Crippen LogP contribution < -0.4 is 5.73 Å². The maximum atomic E-state index is 10.1. The Bertz CT molecular complexity index is 202. The maximum Gasteiger partial charge on any atom is 0.354 e. The van der Waals surface area contributed by atoms with Crippen molar-refractivity contribution in [2.45, 2.75) is 13.8 Å². The van der Waals surface area contributed by atoms with Crippen LogP contribution in [0.1, 0.15) is 13.8 Å². The molecule has 0 spiro atoms. The van der Waals surface area contributed by atoms with Crippen LogP contribution in [0.4, 0.5) is 0 Å². The summed E-state index contributed by atoms with van der Waals surface area (Å²) in [5, 5.41) is 15.2. The van der Waals surface area contributed by atoms with Crippen LogP contribution >= 0.6 is 0 Å². The quantitative estimate of drug-likeness (QED) is 0.486. The van der Waals surface area contributed by atoms with E-state index in [2.05, 4.69) is 0 Å². The van der Waals surface area contributed by atoms with Gasteiger partial charge in [-0.15, -0.1) is 0 Å². The Labute approximate surface area is 58.9 Å². The van der Waals surface area contributed by atoms with E-state index < -0.39 is 11.7 Å². The standard InChI is InChI=1S/C6H10N2O2/c1-3(4(2)7)5(8)6(9)10/h8H,7H2,1-2H3,(H,9,10)/b4-3-,8-5?. The predicted molar refractivity (Wildman–Crippen MR) is 37.9 cm³/mol. The van der Waals surface area contributed by atoms with E-state index in [1.54, 1.807) is 6.92 Å². The zero-order valence-corrected chi connectivity index (χ0v) is 5.93. The van der Waals surface area contributed by atoms with Crippen molar-refractivity contribution < 1.29 is 9.90 Å². The molecule has 0 bridgehead atoms. The van der Waals surface area contributed by atoms with Gasteiger partial charge < -0.3 is 10.8 Å². The molecule has 0 heterocycles. The van der Waals surface area contributed by atoms with Crippen LogP contribution in [0.15, 0.2) is 11.3 Å². The summed E-state index contributed by atoms with van der Waals surface area (Å²) in [5.74, 6) is -1.25. The molecule has 0 aromatic carbocycles. The average molecular weight is 142 g/mol. The molecule has 0 aliphatic carbocycles. The van der Waals surface area contributed by atoms with Gasteiger partial charge in [-0.3, -0.25) is 5.41 Å². The third-order valence-electron chi connectivity index (χ3n) is 1.18. The van der Waals surface area contributed by atoms with Gasteiger partial charge in [0.25, 0.3) is 0 Å². The number of allylic oxidation sites excluding steroid dienone is 1. The summed E-state index contributed by atoms with van der Waals surface area (Å²) in [6.07, 6.45) is 0. The molecule has 0 saturated carbocycles. The first-order valence-corrected chi connectivity index (χ1v) is 2.72. The summed E-state index contributed by atoms with van der Waals surface area (Å²) in [7, 11) is 0. The molecule has 4 heteroatoms. The van der Waals surface area contributed by atoms with E-state index in [1.807, 2.05) is 0 Å². The van der Waals surface area contributed by atoms with Crippen LogP contribution in [-0.2, 0) is 4.79 Å². The van der Waals surface area contributed by atoms with Crippen LogP contribution in [0, 0.1) is 5.41 Å². The predicted octanol–water partition coefficient (Wildman–Crippen LogP) is 0.343. The Balaban J connectivity index is 4.54. The van der Waals surface area contributed by atoms with Crippen molar-refractivity contribution in [1.82, 2.24) is 0 Å². The number of carbonyl (C=O) groups is 1. The SMILES string of the molecule is C/C(N)=C(\C)C(=N)C(=O)O. The molecule has 0 saturated heterocycles. The molecule has 0 fully saturated rings. The number of rotatable bonds is 2. The molecule has 0 aliphatic rings. The second-order valence-electron chi connectivity index (χ2n) is 1.99. The highest BCUT2D eigenvalue weighted by atomic mass is 16.4. The van der Waals surface area contributed by atoms with E-state index in [0.29, 0.717) is 11.3 Å². The van der Waals surface area contributed by atoms with Gasteiger partial charge in [-0.05, 0) is 19.4 Å². The molecule has 0 rings (SSSR count). The molecule has 0 aliphatic heterocycles. The normalized spacial score (nSPS) is 12.2. The number of carboxylic acid groups (broad SMARTS) is 1. The lowest BCUT2D eigenvalue weighted by molar-refractivity contribution is -0.129. The van der Waals surface area contributed by atoms with Gasteiger partial charge in [-0.1, -0.05) is 0 Å². The van der Waals surface area contributed by atoms with Gasteiger partial charge in [0.1, 0.15) is 5.71 Å². The Morgan fingerprint density at radius 3 is 2.00 bits per heavy atom. The summed E-state index contributed by atoms with van der Waals surface area (Å²) in [6, 6.07) is 0. The minimum absolute atomic E-state index is 0.313. The largest absolute Gasteiger partial charge is 0.477 e. The average Bonchev–Trinajstić information content (AvgIpc) is 1.84. The van der Waals surface area contributed by atoms with Crippen LogP contribution in [0.5, 0.6) is 0 Å². The fourth-order valence-corrected chi connectivity index (χ4v) is 0.358. The van der Waals surface area contributed by atoms with E-state index in [9.17, 15) is 4.79 Å². The molecular formula is C6H10N2O2. The zero-order valence-electron chi connectivity index (χ0n) is 5.93. The highest BCUT2D eigenvalue weighted by Crippen LogP contribution is 1.98. The van der Waals surface area contributed by atoms with E-state index >= 15 is 0 Å². The van der Waals surface area contributed by atoms with Crippen molar-refractivity contribution in [3.8, 4) is 0 Å². The highest BCUT2D eigenvalue weighted by molar-refractivity contribution is 6.41. The molecule has 0 amide bonds. The number of nitrogens with one attached hydrogen (secondary N) is 1. The summed E-state index contributed by atoms with van der Waals surface area (Å²) in [6.45, 7) is 3.07. The first-order chi connectivity index (χ1) is 4.46. The van der Waals surface area contributed by atoms with Gasteiger partial charge in [-0.2, -0.15) is 0 Å². The summed E-state index contributed by atoms with van der Waals surface area (Å²) < 4.78 is 0. The van der Waals surface area contributed by atoms with Crippen LogP contribution in [0.3, 0.4) is 0 Å². The lowest BCUT2D eigenvalue weighted by atomic mass is 10.1. The van der Waals surface area contributed by atoms with Crippen molar-refractivity contribution >= 4 is 11.7 Å². The summed E-state index contributed by atoms with van der Waals surface area (Å²) in [4.78, 5) is 10.1. The third kappa shape index (κ3) is 1.89. The molecular weight excluding hydrogens is 132 g/mol. The molecule has 0 aromatic rings. The van der Waals surface area contributed by atoms with Gasteiger partial charge in [0, 0.05) is 5.70 Å². The molecule has 0 unspecified atom stereocenters. The van der Waals surface area contributed by atoms with Crippen molar-refractivity contribution in [1.29, 1.82) is 5.41 Å². The molecule has 10 heavy (non-hydrogen) atoms. The number of hydrogen-bond donors (Lipinski definition) is 3. The van der Waals surface area contributed by atoms with E-state index in [0.717, 1.165) is 0 Å². The topological polar surface area (TPSA) is 87.2 Å². The van der Waals surface area contributed by atoms with Gasteiger partial charge in [-0.25, -0.2) is 4.79 Å². The molecule has 4 N–H and O–H groups in total. The van der Waals surface area contributed by atoms with Gasteiger partial charge in [0.05, 0.1) is 0 Å². The third-order valence-corrected chi connectivity index (χ3v) is 1.18.